The summed E-state index contributed by atoms with van der Waals surface area (Å²) in [4.78, 5) is 2.36. The second-order valence-electron chi connectivity index (χ2n) is 7.15. The van der Waals surface area contributed by atoms with Crippen LogP contribution in [0.15, 0.2) is 54.6 Å². The van der Waals surface area contributed by atoms with Crippen LogP contribution >= 0.6 is 0 Å². The number of nitrogens with zero attached hydrogens (tertiary/aromatic N) is 1. The average Bonchev–Trinajstić information content (AvgIpc) is 2.96. The predicted molar refractivity (Wildman–Crippen MR) is 90.7 cm³/mol. The third-order valence-electron chi connectivity index (χ3n) is 4.28. The molecule has 1 saturated heterocycles. The SMILES string of the molecule is CC(C)(C)c1ccc(CN2COC(c3ccccc3)C2)cc1. The Morgan fingerprint density at radius 3 is 2.32 bits per heavy atom. The molecular weight excluding hydrogens is 270 g/mol. The first-order valence-electron chi connectivity index (χ1n) is 8.01. The number of rotatable bonds is 3. The Labute approximate surface area is 133 Å². The quantitative estimate of drug-likeness (QED) is 0.825. The third-order valence-corrected chi connectivity index (χ3v) is 4.28. The van der Waals surface area contributed by atoms with Crippen molar-refractivity contribution in [2.24, 2.45) is 0 Å². The van der Waals surface area contributed by atoms with Gasteiger partial charge in [-0.15, -0.1) is 0 Å². The van der Waals surface area contributed by atoms with Crippen molar-refractivity contribution < 1.29 is 4.74 Å². The van der Waals surface area contributed by atoms with Gasteiger partial charge in [0.1, 0.15) is 6.73 Å². The Hall–Kier alpha value is -1.64. The Bertz CT molecular complexity index is 598. The van der Waals surface area contributed by atoms with Gasteiger partial charge in [0, 0.05) is 13.1 Å². The van der Waals surface area contributed by atoms with Gasteiger partial charge in [-0.1, -0.05) is 75.4 Å². The van der Waals surface area contributed by atoms with E-state index in [0.717, 1.165) is 13.1 Å². The minimum atomic E-state index is 0.204. The van der Waals surface area contributed by atoms with Gasteiger partial charge in [-0.3, -0.25) is 4.90 Å². The summed E-state index contributed by atoms with van der Waals surface area (Å²) < 4.78 is 5.93. The van der Waals surface area contributed by atoms with Crippen molar-refractivity contribution in [2.45, 2.75) is 38.8 Å². The van der Waals surface area contributed by atoms with Crippen LogP contribution in [0.2, 0.25) is 0 Å². The summed E-state index contributed by atoms with van der Waals surface area (Å²) in [5, 5.41) is 0. The van der Waals surface area contributed by atoms with Gasteiger partial charge in [0.05, 0.1) is 6.10 Å². The van der Waals surface area contributed by atoms with Crippen LogP contribution in [0.25, 0.3) is 0 Å². The summed E-state index contributed by atoms with van der Waals surface area (Å²) in [5.41, 5.74) is 4.22. The molecule has 2 aromatic rings. The molecule has 116 valence electrons. The van der Waals surface area contributed by atoms with E-state index in [2.05, 4.69) is 74.2 Å². The molecular formula is C20H25NO. The van der Waals surface area contributed by atoms with E-state index < -0.39 is 0 Å². The molecule has 1 heterocycles. The van der Waals surface area contributed by atoms with Gasteiger partial charge in [0.2, 0.25) is 0 Å². The molecule has 2 aromatic carbocycles. The second-order valence-corrected chi connectivity index (χ2v) is 7.15. The molecule has 2 nitrogen and oxygen atoms in total. The topological polar surface area (TPSA) is 12.5 Å². The molecule has 0 radical (unpaired) electrons. The molecule has 2 heteroatoms. The summed E-state index contributed by atoms with van der Waals surface area (Å²) in [6.45, 7) is 9.38. The molecule has 0 aromatic heterocycles. The zero-order valence-electron chi connectivity index (χ0n) is 13.8. The molecule has 1 unspecified atom stereocenters. The normalized spacial score (nSPS) is 19.5. The van der Waals surface area contributed by atoms with E-state index in [-0.39, 0.29) is 11.5 Å². The van der Waals surface area contributed by atoms with Crippen molar-refractivity contribution in [3.05, 3.63) is 71.3 Å². The van der Waals surface area contributed by atoms with E-state index in [1.165, 1.54) is 16.7 Å². The van der Waals surface area contributed by atoms with Gasteiger partial charge in [-0.2, -0.15) is 0 Å². The summed E-state index contributed by atoms with van der Waals surface area (Å²) in [7, 11) is 0. The summed E-state index contributed by atoms with van der Waals surface area (Å²) in [5.74, 6) is 0. The highest BCUT2D eigenvalue weighted by molar-refractivity contribution is 5.27. The molecule has 0 saturated carbocycles. The molecule has 0 bridgehead atoms. The first-order chi connectivity index (χ1) is 10.5. The van der Waals surface area contributed by atoms with Gasteiger partial charge in [0.25, 0.3) is 0 Å². The Morgan fingerprint density at radius 1 is 1.00 bits per heavy atom. The monoisotopic (exact) mass is 295 g/mol. The fraction of sp³-hybridized carbons (Fsp3) is 0.400. The molecule has 0 amide bonds. The van der Waals surface area contributed by atoms with Crippen LogP contribution in [0.3, 0.4) is 0 Å². The van der Waals surface area contributed by atoms with Gasteiger partial charge >= 0.3 is 0 Å². The smallest absolute Gasteiger partial charge is 0.100 e. The number of hydrogen-bond donors (Lipinski definition) is 0. The van der Waals surface area contributed by atoms with Crippen LogP contribution in [0, 0.1) is 0 Å². The maximum atomic E-state index is 5.93. The van der Waals surface area contributed by atoms with E-state index >= 15 is 0 Å². The van der Waals surface area contributed by atoms with E-state index in [1.807, 2.05) is 6.07 Å². The number of hydrogen-bond acceptors (Lipinski definition) is 2. The van der Waals surface area contributed by atoms with E-state index in [0.29, 0.717) is 6.73 Å². The lowest BCUT2D eigenvalue weighted by Crippen LogP contribution is -2.20. The van der Waals surface area contributed by atoms with Crippen molar-refractivity contribution in [2.75, 3.05) is 13.3 Å². The lowest BCUT2D eigenvalue weighted by atomic mass is 9.87. The van der Waals surface area contributed by atoms with Crippen LogP contribution in [0.4, 0.5) is 0 Å². The Balaban J connectivity index is 1.61. The van der Waals surface area contributed by atoms with Gasteiger partial charge in [-0.25, -0.2) is 0 Å². The minimum Gasteiger partial charge on any atom is -0.357 e. The number of benzene rings is 2. The van der Waals surface area contributed by atoms with Gasteiger partial charge in [0.15, 0.2) is 0 Å². The van der Waals surface area contributed by atoms with E-state index in [1.54, 1.807) is 0 Å². The Kier molecular flexibility index (Phi) is 4.32. The fourth-order valence-electron chi connectivity index (χ4n) is 2.88. The predicted octanol–water partition coefficient (Wildman–Crippen LogP) is 4.52. The van der Waals surface area contributed by atoms with Crippen LogP contribution in [-0.2, 0) is 16.7 Å². The lowest BCUT2D eigenvalue weighted by molar-refractivity contribution is 0.0880. The highest BCUT2D eigenvalue weighted by Gasteiger charge is 2.24. The van der Waals surface area contributed by atoms with Crippen molar-refractivity contribution in [1.82, 2.24) is 4.90 Å². The standard InChI is InChI=1S/C20H25NO/c1-20(2,3)18-11-9-16(10-12-18)13-21-14-19(22-15-21)17-7-5-4-6-8-17/h4-12,19H,13-15H2,1-3H3. The Morgan fingerprint density at radius 2 is 1.68 bits per heavy atom. The van der Waals surface area contributed by atoms with E-state index in [9.17, 15) is 0 Å². The molecule has 0 aliphatic carbocycles. The van der Waals surface area contributed by atoms with Crippen molar-refractivity contribution in [1.29, 1.82) is 0 Å². The zero-order valence-corrected chi connectivity index (χ0v) is 13.8. The zero-order chi connectivity index (χ0) is 15.6. The molecule has 1 aliphatic rings. The molecule has 22 heavy (non-hydrogen) atoms. The van der Waals surface area contributed by atoms with Crippen LogP contribution < -0.4 is 0 Å². The molecule has 0 spiro atoms. The first-order valence-corrected chi connectivity index (χ1v) is 8.01. The van der Waals surface area contributed by atoms with Crippen molar-refractivity contribution in [3.63, 3.8) is 0 Å². The highest BCUT2D eigenvalue weighted by atomic mass is 16.5. The number of ether oxygens (including phenoxy) is 1. The molecule has 3 rings (SSSR count). The van der Waals surface area contributed by atoms with Gasteiger partial charge < -0.3 is 4.74 Å². The molecule has 1 atom stereocenters. The summed E-state index contributed by atoms with van der Waals surface area (Å²) in [6.07, 6.45) is 0.204. The first kappa shape index (κ1) is 15.3. The second kappa shape index (κ2) is 6.23. The van der Waals surface area contributed by atoms with Crippen molar-refractivity contribution >= 4 is 0 Å². The maximum Gasteiger partial charge on any atom is 0.100 e. The van der Waals surface area contributed by atoms with Gasteiger partial charge in [-0.05, 0) is 22.1 Å². The average molecular weight is 295 g/mol. The van der Waals surface area contributed by atoms with Crippen LogP contribution in [0.1, 0.15) is 43.6 Å². The van der Waals surface area contributed by atoms with Crippen molar-refractivity contribution in [3.8, 4) is 0 Å². The summed E-state index contributed by atoms with van der Waals surface area (Å²) >= 11 is 0. The summed E-state index contributed by atoms with van der Waals surface area (Å²) in [6, 6.07) is 19.5. The van der Waals surface area contributed by atoms with Crippen LogP contribution in [-0.4, -0.2) is 18.2 Å². The highest BCUT2D eigenvalue weighted by Crippen LogP contribution is 2.26. The molecule has 1 fully saturated rings. The third kappa shape index (κ3) is 3.57. The minimum absolute atomic E-state index is 0.204. The van der Waals surface area contributed by atoms with E-state index in [4.69, 9.17) is 4.74 Å². The fourth-order valence-corrected chi connectivity index (χ4v) is 2.88. The van der Waals surface area contributed by atoms with Crippen LogP contribution in [0.5, 0.6) is 0 Å². The molecule has 0 N–H and O–H groups in total. The molecule has 1 aliphatic heterocycles. The maximum absolute atomic E-state index is 5.93. The lowest BCUT2D eigenvalue weighted by Gasteiger charge is -2.20. The largest absolute Gasteiger partial charge is 0.357 e.